The first kappa shape index (κ1) is 16.3. The van der Waals surface area contributed by atoms with Crippen LogP contribution in [-0.4, -0.2) is 24.6 Å². The monoisotopic (exact) mass is 303 g/mol. The molecule has 1 N–H and O–H groups in total. The van der Waals surface area contributed by atoms with Crippen LogP contribution in [-0.2, 0) is 11.2 Å². The Kier molecular flexibility index (Phi) is 4.61. The van der Waals surface area contributed by atoms with Crippen molar-refractivity contribution >= 4 is 5.91 Å². The van der Waals surface area contributed by atoms with E-state index in [2.05, 4.69) is 0 Å². The molecular formula is C11H8F7NO. The highest BCUT2D eigenvalue weighted by atomic mass is 19.4. The lowest BCUT2D eigenvalue weighted by Crippen LogP contribution is -2.50. The van der Waals surface area contributed by atoms with E-state index >= 15 is 0 Å². The molecule has 1 aromatic carbocycles. The van der Waals surface area contributed by atoms with Crippen molar-refractivity contribution in [1.82, 2.24) is 5.32 Å². The van der Waals surface area contributed by atoms with Gasteiger partial charge in [0.05, 0.1) is 0 Å². The molecule has 0 radical (unpaired) electrons. The molecule has 0 spiro atoms. The van der Waals surface area contributed by atoms with Gasteiger partial charge in [-0.15, -0.1) is 0 Å². The highest BCUT2D eigenvalue weighted by molar-refractivity contribution is 5.84. The van der Waals surface area contributed by atoms with Gasteiger partial charge in [0.15, 0.2) is 0 Å². The molecule has 0 saturated carbocycles. The van der Waals surface area contributed by atoms with Crippen molar-refractivity contribution in [1.29, 1.82) is 0 Å². The smallest absolute Gasteiger partial charge is 0.350 e. The summed E-state index contributed by atoms with van der Waals surface area (Å²) in [7, 11) is 0. The van der Waals surface area contributed by atoms with Crippen molar-refractivity contribution in [3.05, 3.63) is 35.4 Å². The van der Waals surface area contributed by atoms with E-state index in [0.29, 0.717) is 6.07 Å². The zero-order valence-corrected chi connectivity index (χ0v) is 9.70. The summed E-state index contributed by atoms with van der Waals surface area (Å²) in [6, 6.07) is 2.31. The van der Waals surface area contributed by atoms with Crippen molar-refractivity contribution in [2.75, 3.05) is 6.54 Å². The largest absolute Gasteiger partial charge is 0.463 e. The quantitative estimate of drug-likeness (QED) is 0.852. The minimum atomic E-state index is -6.00. The number of amides is 1. The van der Waals surface area contributed by atoms with Crippen molar-refractivity contribution in [3.8, 4) is 0 Å². The van der Waals surface area contributed by atoms with Crippen LogP contribution < -0.4 is 5.32 Å². The van der Waals surface area contributed by atoms with E-state index in [0.717, 1.165) is 12.1 Å². The summed E-state index contributed by atoms with van der Waals surface area (Å²) in [5, 5.41) is 1.36. The summed E-state index contributed by atoms with van der Waals surface area (Å²) < 4.78 is 86.1. The van der Waals surface area contributed by atoms with Gasteiger partial charge in [0.1, 0.15) is 11.6 Å². The minimum absolute atomic E-state index is 0.0122. The predicted octanol–water partition coefficient (Wildman–Crippen LogP) is 2.82. The Bertz CT molecular complexity index is 478. The van der Waals surface area contributed by atoms with Gasteiger partial charge in [-0.2, -0.15) is 22.0 Å². The lowest BCUT2D eigenvalue weighted by molar-refractivity contribution is -0.269. The summed E-state index contributed by atoms with van der Waals surface area (Å²) in [6.45, 7) is -0.618. The fourth-order valence-corrected chi connectivity index (χ4v) is 1.32. The van der Waals surface area contributed by atoms with Gasteiger partial charge < -0.3 is 5.32 Å². The highest BCUT2D eigenvalue weighted by Gasteiger charge is 2.63. The van der Waals surface area contributed by atoms with Crippen LogP contribution in [0.2, 0.25) is 0 Å². The van der Waals surface area contributed by atoms with Crippen LogP contribution in [0.15, 0.2) is 18.2 Å². The van der Waals surface area contributed by atoms with Gasteiger partial charge in [-0.1, -0.05) is 0 Å². The summed E-state index contributed by atoms with van der Waals surface area (Å²) >= 11 is 0. The number of nitrogens with one attached hydrogen (secondary N) is 1. The van der Waals surface area contributed by atoms with Gasteiger partial charge in [-0.25, -0.2) is 8.78 Å². The molecule has 1 aromatic rings. The second-order valence-corrected chi connectivity index (χ2v) is 3.86. The van der Waals surface area contributed by atoms with E-state index in [1.807, 2.05) is 0 Å². The third-order valence-corrected chi connectivity index (χ3v) is 2.26. The number of alkyl halides is 5. The molecule has 0 bridgehead atoms. The number of hydrogen-bond acceptors (Lipinski definition) is 1. The molecule has 0 atom stereocenters. The van der Waals surface area contributed by atoms with E-state index in [1.54, 1.807) is 0 Å². The average Bonchev–Trinajstić information content (AvgIpc) is 2.25. The van der Waals surface area contributed by atoms with E-state index < -0.39 is 36.2 Å². The number of carbonyl (C=O) groups excluding carboxylic acids is 1. The Balaban J connectivity index is 2.58. The second-order valence-electron chi connectivity index (χ2n) is 3.86. The molecule has 2 nitrogen and oxygen atoms in total. The number of carbonyl (C=O) groups is 1. The first-order chi connectivity index (χ1) is 9.04. The zero-order chi connectivity index (χ0) is 15.6. The van der Waals surface area contributed by atoms with E-state index in [1.165, 1.54) is 5.32 Å². The van der Waals surface area contributed by atoms with Gasteiger partial charge in [-0.05, 0) is 24.1 Å². The van der Waals surface area contributed by atoms with Crippen LogP contribution in [0, 0.1) is 11.6 Å². The number of rotatable bonds is 4. The van der Waals surface area contributed by atoms with Crippen LogP contribution >= 0.6 is 0 Å². The molecule has 20 heavy (non-hydrogen) atoms. The van der Waals surface area contributed by atoms with Crippen LogP contribution in [0.25, 0.3) is 0 Å². The molecule has 112 valence electrons. The molecule has 0 fully saturated rings. The zero-order valence-electron chi connectivity index (χ0n) is 9.70. The summed E-state index contributed by atoms with van der Waals surface area (Å²) in [5.41, 5.74) is 0.0122. The Morgan fingerprint density at radius 3 is 1.95 bits per heavy atom. The highest BCUT2D eigenvalue weighted by Crippen LogP contribution is 2.35. The van der Waals surface area contributed by atoms with E-state index in [-0.39, 0.29) is 12.0 Å². The van der Waals surface area contributed by atoms with Gasteiger partial charge in [-0.3, -0.25) is 4.79 Å². The molecule has 0 unspecified atom stereocenters. The lowest BCUT2D eigenvalue weighted by Gasteiger charge is -2.18. The normalized spacial score (nSPS) is 12.3. The summed E-state index contributed by atoms with van der Waals surface area (Å²) in [6.07, 6.45) is -6.30. The molecule has 0 heterocycles. The molecule has 0 saturated heterocycles. The Hall–Kier alpha value is -1.80. The maximum Gasteiger partial charge on any atom is 0.463 e. The third-order valence-electron chi connectivity index (χ3n) is 2.26. The maximum absolute atomic E-state index is 12.8. The Morgan fingerprint density at radius 1 is 1.00 bits per heavy atom. The topological polar surface area (TPSA) is 29.1 Å². The van der Waals surface area contributed by atoms with E-state index in [4.69, 9.17) is 0 Å². The van der Waals surface area contributed by atoms with Crippen LogP contribution in [0.4, 0.5) is 30.7 Å². The first-order valence-corrected chi connectivity index (χ1v) is 5.22. The van der Waals surface area contributed by atoms with Crippen molar-refractivity contribution in [2.24, 2.45) is 0 Å². The second kappa shape index (κ2) is 5.68. The molecule has 9 heteroatoms. The molecule has 0 aliphatic carbocycles. The van der Waals surface area contributed by atoms with Crippen molar-refractivity contribution < 1.29 is 35.5 Å². The molecule has 1 rings (SSSR count). The van der Waals surface area contributed by atoms with Gasteiger partial charge in [0.25, 0.3) is 5.91 Å². The summed E-state index contributed by atoms with van der Waals surface area (Å²) in [5.74, 6) is -9.87. The standard InChI is InChI=1S/C11H8F7NO/c12-7-3-6(4-8(13)5-7)1-2-19-9(20)10(14,15)11(16,17)18/h3-5H,1-2H2,(H,19,20). The fourth-order valence-electron chi connectivity index (χ4n) is 1.32. The van der Waals surface area contributed by atoms with Crippen LogP contribution in [0.1, 0.15) is 5.56 Å². The fraction of sp³-hybridized carbons (Fsp3) is 0.364. The van der Waals surface area contributed by atoms with Gasteiger partial charge in [0.2, 0.25) is 0 Å². The van der Waals surface area contributed by atoms with E-state index in [9.17, 15) is 35.5 Å². The molecule has 0 aliphatic heterocycles. The van der Waals surface area contributed by atoms with Crippen LogP contribution in [0.5, 0.6) is 0 Å². The first-order valence-electron chi connectivity index (χ1n) is 5.22. The average molecular weight is 303 g/mol. The predicted molar refractivity (Wildman–Crippen MR) is 54.1 cm³/mol. The molecule has 0 aliphatic rings. The number of benzene rings is 1. The third kappa shape index (κ3) is 3.84. The van der Waals surface area contributed by atoms with Crippen molar-refractivity contribution in [2.45, 2.75) is 18.5 Å². The van der Waals surface area contributed by atoms with Crippen molar-refractivity contribution in [3.63, 3.8) is 0 Å². The molecule has 1 amide bonds. The lowest BCUT2D eigenvalue weighted by atomic mass is 10.1. The Labute approximate surface area is 108 Å². The SMILES string of the molecule is O=C(NCCc1cc(F)cc(F)c1)C(F)(F)C(F)(F)F. The minimum Gasteiger partial charge on any atom is -0.350 e. The number of hydrogen-bond donors (Lipinski definition) is 1. The van der Waals surface area contributed by atoms with Gasteiger partial charge >= 0.3 is 12.1 Å². The van der Waals surface area contributed by atoms with Gasteiger partial charge in [0, 0.05) is 12.6 Å². The molecule has 0 aromatic heterocycles. The van der Waals surface area contributed by atoms with Crippen LogP contribution in [0.3, 0.4) is 0 Å². The number of halogens is 7. The molecular weight excluding hydrogens is 295 g/mol. The maximum atomic E-state index is 12.8. The summed E-state index contributed by atoms with van der Waals surface area (Å²) in [4.78, 5) is 10.7. The Morgan fingerprint density at radius 2 is 1.50 bits per heavy atom.